The molecule has 0 bridgehead atoms. The summed E-state index contributed by atoms with van der Waals surface area (Å²) < 4.78 is 52.2. The summed E-state index contributed by atoms with van der Waals surface area (Å²) in [6.45, 7) is 0. The van der Waals surface area contributed by atoms with Crippen LogP contribution in [0.4, 0.5) is 0 Å². The van der Waals surface area contributed by atoms with Gasteiger partial charge in [-0.2, -0.15) is 5.26 Å². The highest BCUT2D eigenvalue weighted by molar-refractivity contribution is 5.90. The highest BCUT2D eigenvalue weighted by Gasteiger charge is 2.05. The Bertz CT molecular complexity index is 1460. The van der Waals surface area contributed by atoms with E-state index in [0.29, 0.717) is 0 Å². The molecule has 156 valence electrons. The Morgan fingerprint density at radius 3 is 1.97 bits per heavy atom. The second-order valence-electron chi connectivity index (χ2n) is 6.78. The molecule has 5 heteroatoms. The van der Waals surface area contributed by atoms with Crippen molar-refractivity contribution in [2.75, 3.05) is 14.1 Å². The summed E-state index contributed by atoms with van der Waals surface area (Å²) in [5, 5.41) is 12.2. The molecule has 0 aliphatic carbocycles. The summed E-state index contributed by atoms with van der Waals surface area (Å²) in [5.74, 6) is 0.0898. The van der Waals surface area contributed by atoms with Crippen LogP contribution in [-0.4, -0.2) is 20.0 Å². The zero-order chi connectivity index (χ0) is 27.2. The van der Waals surface area contributed by atoms with E-state index in [2.05, 4.69) is 6.07 Å². The molecule has 0 spiro atoms. The lowest BCUT2D eigenvalue weighted by Gasteiger charge is -2.06. The standard InChI is InChI=1S/C13H13NO2.C13H11NO/c1-16-11-6-5-9-3-2-4-10(7-13(14)15)12(9)8-11;1-15-12-6-5-10-3-2-4-11(7-8-14)13(10)9-12/h2-6,8H,7H2,1H3,(H2,14,15);2-6,9H,7H2,1H3/i2*1D3. The third-order valence-electron chi connectivity index (χ3n) is 4.76. The SMILES string of the molecule is [2H]C([2H])([2H])Oc1ccc2cccc(CC#N)c2c1.[2H]C([2H])([2H])Oc1ccc2cccc(CC(N)=O)c2c1. The number of hydrogen-bond acceptors (Lipinski definition) is 4. The number of methoxy groups -OCH3 is 2. The smallest absolute Gasteiger partial charge is 0.221 e. The zero-order valence-electron chi connectivity index (χ0n) is 22.6. The van der Waals surface area contributed by atoms with Gasteiger partial charge in [-0.1, -0.05) is 48.5 Å². The maximum atomic E-state index is 11.0. The Hall–Kier alpha value is -4.04. The van der Waals surface area contributed by atoms with E-state index in [1.807, 2.05) is 30.3 Å². The van der Waals surface area contributed by atoms with E-state index in [9.17, 15) is 4.79 Å². The summed E-state index contributed by atoms with van der Waals surface area (Å²) in [6.07, 6.45) is 0.392. The Morgan fingerprint density at radius 1 is 0.903 bits per heavy atom. The van der Waals surface area contributed by atoms with Crippen molar-refractivity contribution in [3.8, 4) is 17.6 Å². The monoisotopic (exact) mass is 418 g/mol. The molecule has 2 N–H and O–H groups in total. The van der Waals surface area contributed by atoms with Crippen molar-refractivity contribution in [2.24, 2.45) is 5.73 Å². The van der Waals surface area contributed by atoms with Gasteiger partial charge in [0.05, 0.1) is 41.2 Å². The Balaban J connectivity index is 0.000000206. The van der Waals surface area contributed by atoms with Gasteiger partial charge in [-0.15, -0.1) is 0 Å². The van der Waals surface area contributed by atoms with Crippen molar-refractivity contribution in [1.29, 1.82) is 5.26 Å². The minimum absolute atomic E-state index is 0.106. The van der Waals surface area contributed by atoms with Crippen molar-refractivity contribution < 1.29 is 22.5 Å². The molecule has 0 aliphatic heterocycles. The number of rotatable bonds is 5. The molecule has 4 aromatic carbocycles. The van der Waals surface area contributed by atoms with Gasteiger partial charge in [-0.05, 0) is 56.9 Å². The van der Waals surface area contributed by atoms with Gasteiger partial charge < -0.3 is 15.2 Å². The molecular weight excluding hydrogens is 388 g/mol. The maximum Gasteiger partial charge on any atom is 0.221 e. The molecule has 0 aliphatic rings. The quantitative estimate of drug-likeness (QED) is 0.505. The van der Waals surface area contributed by atoms with Crippen molar-refractivity contribution in [3.63, 3.8) is 0 Å². The molecule has 0 fully saturated rings. The number of hydrogen-bond donors (Lipinski definition) is 1. The highest BCUT2D eigenvalue weighted by atomic mass is 16.5. The largest absolute Gasteiger partial charge is 0.497 e. The van der Waals surface area contributed by atoms with E-state index in [-0.39, 0.29) is 24.3 Å². The number of ether oxygens (including phenoxy) is 2. The average molecular weight is 419 g/mol. The molecule has 1 amide bonds. The van der Waals surface area contributed by atoms with Gasteiger partial charge >= 0.3 is 0 Å². The first kappa shape index (κ1) is 14.9. The van der Waals surface area contributed by atoms with E-state index in [1.165, 1.54) is 0 Å². The summed E-state index contributed by atoms with van der Waals surface area (Å²) in [7, 11) is -4.95. The van der Waals surface area contributed by atoms with Gasteiger partial charge in [0.1, 0.15) is 11.5 Å². The van der Waals surface area contributed by atoms with Gasteiger partial charge in [0.25, 0.3) is 0 Å². The molecule has 0 aromatic heterocycles. The number of carbonyl (C=O) groups excluding carboxylic acids is 1. The molecular formula is C26H24N2O3. The van der Waals surface area contributed by atoms with Crippen molar-refractivity contribution >= 4 is 27.5 Å². The molecule has 5 nitrogen and oxygen atoms in total. The maximum absolute atomic E-state index is 11.0. The van der Waals surface area contributed by atoms with Gasteiger partial charge in [0, 0.05) is 0 Å². The van der Waals surface area contributed by atoms with E-state index in [4.69, 9.17) is 28.7 Å². The van der Waals surface area contributed by atoms with Crippen LogP contribution in [0.2, 0.25) is 0 Å². The minimum atomic E-state index is -2.49. The molecule has 0 saturated carbocycles. The summed E-state index contributed by atoms with van der Waals surface area (Å²) >= 11 is 0. The van der Waals surface area contributed by atoms with Crippen LogP contribution in [0.5, 0.6) is 11.5 Å². The third kappa shape index (κ3) is 5.31. The fourth-order valence-electron chi connectivity index (χ4n) is 3.34. The molecule has 4 aromatic rings. The summed E-state index contributed by atoms with van der Waals surface area (Å²) in [4.78, 5) is 11.0. The van der Waals surface area contributed by atoms with E-state index < -0.39 is 20.0 Å². The molecule has 31 heavy (non-hydrogen) atoms. The Morgan fingerprint density at radius 2 is 1.45 bits per heavy atom. The number of fused-ring (bicyclic) bond motifs is 2. The first-order valence-corrected chi connectivity index (χ1v) is 9.41. The second-order valence-corrected chi connectivity index (χ2v) is 6.78. The first-order valence-electron chi connectivity index (χ1n) is 12.4. The number of benzene rings is 4. The molecule has 0 heterocycles. The second kappa shape index (κ2) is 10.1. The summed E-state index contributed by atoms with van der Waals surface area (Å²) in [5.41, 5.74) is 6.81. The van der Waals surface area contributed by atoms with E-state index in [0.717, 1.165) is 32.7 Å². The van der Waals surface area contributed by atoms with Gasteiger partial charge in [-0.3, -0.25) is 4.79 Å². The normalized spacial score (nSPS) is 13.8. The van der Waals surface area contributed by atoms with Crippen LogP contribution in [0.15, 0.2) is 72.8 Å². The topological polar surface area (TPSA) is 85.3 Å². The van der Waals surface area contributed by atoms with Crippen LogP contribution in [0.1, 0.15) is 19.4 Å². The van der Waals surface area contributed by atoms with Crippen LogP contribution in [-0.2, 0) is 17.6 Å². The van der Waals surface area contributed by atoms with Crippen molar-refractivity contribution in [1.82, 2.24) is 0 Å². The first-order chi connectivity index (χ1) is 17.3. The van der Waals surface area contributed by atoms with E-state index in [1.54, 1.807) is 42.5 Å². The zero-order valence-corrected chi connectivity index (χ0v) is 16.6. The fourth-order valence-corrected chi connectivity index (χ4v) is 3.34. The van der Waals surface area contributed by atoms with Crippen LogP contribution >= 0.6 is 0 Å². The number of amides is 1. The minimum Gasteiger partial charge on any atom is -0.497 e. The molecule has 0 unspecified atom stereocenters. The van der Waals surface area contributed by atoms with Crippen LogP contribution in [0, 0.1) is 11.3 Å². The lowest BCUT2D eigenvalue weighted by Crippen LogP contribution is -2.13. The van der Waals surface area contributed by atoms with Gasteiger partial charge in [0.15, 0.2) is 0 Å². The number of carbonyl (C=O) groups is 1. The molecule has 0 saturated heterocycles. The molecule has 0 radical (unpaired) electrons. The van der Waals surface area contributed by atoms with Crippen LogP contribution in [0.3, 0.4) is 0 Å². The van der Waals surface area contributed by atoms with Gasteiger partial charge in [0.2, 0.25) is 5.91 Å². The van der Waals surface area contributed by atoms with Crippen molar-refractivity contribution in [3.05, 3.63) is 83.9 Å². The molecule has 0 atom stereocenters. The predicted molar refractivity (Wildman–Crippen MR) is 123 cm³/mol. The van der Waals surface area contributed by atoms with Crippen molar-refractivity contribution in [2.45, 2.75) is 12.8 Å². The highest BCUT2D eigenvalue weighted by Crippen LogP contribution is 2.25. The predicted octanol–water partition coefficient (Wildman–Crippen LogP) is 4.79. The third-order valence-corrected chi connectivity index (χ3v) is 4.76. The van der Waals surface area contributed by atoms with Gasteiger partial charge in [-0.25, -0.2) is 0 Å². The number of nitriles is 1. The molecule has 4 rings (SSSR count). The lowest BCUT2D eigenvalue weighted by molar-refractivity contribution is -0.117. The number of nitrogens with two attached hydrogens (primary N) is 1. The van der Waals surface area contributed by atoms with Crippen LogP contribution < -0.4 is 15.2 Å². The summed E-state index contributed by atoms with van der Waals surface area (Å²) in [6, 6.07) is 23.2. The average Bonchev–Trinajstić information content (AvgIpc) is 2.78. The lowest BCUT2D eigenvalue weighted by atomic mass is 10.0. The van der Waals surface area contributed by atoms with Crippen LogP contribution in [0.25, 0.3) is 21.5 Å². The fraction of sp³-hybridized carbons (Fsp3) is 0.154. The number of nitrogens with zero attached hydrogens (tertiary/aromatic N) is 1. The Labute approximate surface area is 190 Å². The Kier molecular flexibility index (Phi) is 4.86. The number of primary amides is 1. The van der Waals surface area contributed by atoms with E-state index >= 15 is 0 Å².